The van der Waals surface area contributed by atoms with E-state index in [1.165, 1.54) is 11.1 Å². The average molecular weight is 648 g/mol. The Hall–Kier alpha value is -2.84. The Morgan fingerprint density at radius 3 is 2.36 bits per heavy atom. The van der Waals surface area contributed by atoms with E-state index in [1.807, 2.05) is 39.0 Å². The van der Waals surface area contributed by atoms with Gasteiger partial charge in [0.15, 0.2) is 5.60 Å². The maximum Gasteiger partial charge on any atom is 0.313 e. The van der Waals surface area contributed by atoms with Gasteiger partial charge in [0.25, 0.3) is 5.91 Å². The molecule has 2 bridgehead atoms. The number of esters is 1. The number of ether oxygens (including phenoxy) is 3. The highest BCUT2D eigenvalue weighted by molar-refractivity contribution is 5.96. The molecule has 256 valence electrons. The molecule has 47 heavy (non-hydrogen) atoms. The normalized spacial score (nSPS) is 41.2. The van der Waals surface area contributed by atoms with Gasteiger partial charge in [-0.05, 0) is 94.1 Å². The molecular formula is C39H53NO7. The molecule has 0 unspecified atom stereocenters. The number of aliphatic hydroxyl groups excluding tert-OH is 1. The zero-order valence-corrected chi connectivity index (χ0v) is 29.3. The summed E-state index contributed by atoms with van der Waals surface area (Å²) in [6.45, 7) is 10.9. The second kappa shape index (κ2) is 10.6. The van der Waals surface area contributed by atoms with E-state index in [4.69, 9.17) is 14.2 Å². The van der Waals surface area contributed by atoms with Gasteiger partial charge < -0.3 is 29.3 Å². The Bertz CT molecular complexity index is 1560. The van der Waals surface area contributed by atoms with Crippen molar-refractivity contribution >= 4 is 11.9 Å². The van der Waals surface area contributed by atoms with Gasteiger partial charge in [-0.1, -0.05) is 51.0 Å². The third-order valence-electron chi connectivity index (χ3n) is 14.9. The summed E-state index contributed by atoms with van der Waals surface area (Å²) < 4.78 is 17.3. The van der Waals surface area contributed by atoms with E-state index >= 15 is 4.79 Å². The van der Waals surface area contributed by atoms with Crippen molar-refractivity contribution in [2.75, 3.05) is 20.8 Å². The summed E-state index contributed by atoms with van der Waals surface area (Å²) in [4.78, 5) is 30.1. The number of amides is 1. The molecule has 8 atom stereocenters. The van der Waals surface area contributed by atoms with Gasteiger partial charge in [-0.2, -0.15) is 0 Å². The Balaban J connectivity index is 1.25. The Morgan fingerprint density at radius 1 is 0.957 bits per heavy atom. The van der Waals surface area contributed by atoms with Crippen LogP contribution >= 0.6 is 0 Å². The van der Waals surface area contributed by atoms with Crippen molar-refractivity contribution in [1.29, 1.82) is 0 Å². The largest absolute Gasteiger partial charge is 0.497 e. The smallest absolute Gasteiger partial charge is 0.313 e. The number of hydrogen-bond donors (Lipinski definition) is 2. The van der Waals surface area contributed by atoms with Gasteiger partial charge in [0.1, 0.15) is 11.5 Å². The number of hydrogen-bond acceptors (Lipinski definition) is 7. The van der Waals surface area contributed by atoms with Crippen LogP contribution in [0.1, 0.15) is 98.0 Å². The van der Waals surface area contributed by atoms with Crippen LogP contribution in [0.2, 0.25) is 0 Å². The molecule has 1 aromatic rings. The quantitative estimate of drug-likeness (QED) is 0.343. The van der Waals surface area contributed by atoms with Crippen molar-refractivity contribution in [3.63, 3.8) is 0 Å². The monoisotopic (exact) mass is 647 g/mol. The van der Waals surface area contributed by atoms with E-state index < -0.39 is 27.4 Å². The van der Waals surface area contributed by atoms with E-state index in [2.05, 4.69) is 26.0 Å². The van der Waals surface area contributed by atoms with Gasteiger partial charge in [-0.3, -0.25) is 9.59 Å². The molecule has 5 fully saturated rings. The van der Waals surface area contributed by atoms with Crippen molar-refractivity contribution in [1.82, 2.24) is 4.90 Å². The molecule has 5 aliphatic carbocycles. The number of aliphatic hydroxyl groups is 2. The summed E-state index contributed by atoms with van der Waals surface area (Å²) in [6, 6.07) is 5.58. The molecule has 6 aliphatic rings. The first-order valence-electron chi connectivity index (χ1n) is 17.6. The topological polar surface area (TPSA) is 106 Å². The SMILES string of the molecule is COc1ccc(CN(C[C@]2(O)CC[C@H]3C4=CC=C5C[C@@H](O)CC[C@]5(C)[C@H]4CC[C@@]32C)C(=O)[C@@]23CC[C@@](C)(C(=O)O2)C3(C)C)c(OC)c1. The first-order chi connectivity index (χ1) is 22.1. The molecule has 1 aliphatic heterocycles. The van der Waals surface area contributed by atoms with Gasteiger partial charge in [-0.15, -0.1) is 0 Å². The number of nitrogens with zero attached hydrogens (tertiary/aromatic N) is 1. The second-order valence-corrected chi connectivity index (χ2v) is 16.8. The molecular weight excluding hydrogens is 594 g/mol. The third kappa shape index (κ3) is 4.25. The fourth-order valence-corrected chi connectivity index (χ4v) is 11.0. The number of carbonyl (C=O) groups excluding carboxylic acids is 2. The summed E-state index contributed by atoms with van der Waals surface area (Å²) in [7, 11) is 3.21. The molecule has 1 saturated heterocycles. The van der Waals surface area contributed by atoms with E-state index in [9.17, 15) is 15.0 Å². The van der Waals surface area contributed by atoms with Crippen molar-refractivity contribution < 1.29 is 34.0 Å². The number of carbonyl (C=O) groups is 2. The summed E-state index contributed by atoms with van der Waals surface area (Å²) in [5.41, 5.74) is -0.672. The van der Waals surface area contributed by atoms with Crippen LogP contribution in [-0.4, -0.2) is 65.1 Å². The number of methoxy groups -OCH3 is 2. The highest BCUT2D eigenvalue weighted by Crippen LogP contribution is 2.68. The van der Waals surface area contributed by atoms with E-state index in [1.54, 1.807) is 19.1 Å². The molecule has 7 rings (SSSR count). The maximum absolute atomic E-state index is 15.0. The maximum atomic E-state index is 15.0. The lowest BCUT2D eigenvalue weighted by molar-refractivity contribution is -0.178. The molecule has 0 spiro atoms. The summed E-state index contributed by atoms with van der Waals surface area (Å²) in [5, 5.41) is 23.3. The van der Waals surface area contributed by atoms with Crippen LogP contribution in [-0.2, 0) is 20.9 Å². The number of rotatable bonds is 7. The van der Waals surface area contributed by atoms with Crippen molar-refractivity contribution in [3.05, 3.63) is 47.1 Å². The van der Waals surface area contributed by atoms with Gasteiger partial charge in [0, 0.05) is 29.0 Å². The van der Waals surface area contributed by atoms with Gasteiger partial charge in [0.2, 0.25) is 0 Å². The molecule has 4 saturated carbocycles. The number of benzene rings is 1. The van der Waals surface area contributed by atoms with Crippen LogP contribution in [0.15, 0.2) is 41.5 Å². The minimum Gasteiger partial charge on any atom is -0.497 e. The minimum atomic E-state index is -1.29. The van der Waals surface area contributed by atoms with Crippen molar-refractivity contribution in [2.24, 2.45) is 33.5 Å². The summed E-state index contributed by atoms with van der Waals surface area (Å²) >= 11 is 0. The highest BCUT2D eigenvalue weighted by atomic mass is 16.6. The summed E-state index contributed by atoms with van der Waals surface area (Å²) in [6.07, 6.45) is 11.2. The van der Waals surface area contributed by atoms with Gasteiger partial charge >= 0.3 is 5.97 Å². The third-order valence-corrected chi connectivity index (χ3v) is 14.9. The van der Waals surface area contributed by atoms with Crippen molar-refractivity contribution in [3.8, 4) is 11.5 Å². The minimum absolute atomic E-state index is 0.0461. The van der Waals surface area contributed by atoms with E-state index in [0.29, 0.717) is 36.7 Å². The Labute approximate surface area is 279 Å². The lowest BCUT2D eigenvalue weighted by atomic mass is 9.50. The van der Waals surface area contributed by atoms with Gasteiger partial charge in [0.05, 0.1) is 37.9 Å². The molecule has 8 heteroatoms. The number of fused-ring (bicyclic) bond motifs is 7. The lowest BCUT2D eigenvalue weighted by Crippen LogP contribution is -2.60. The average Bonchev–Trinajstić information content (AvgIpc) is 3.49. The fraction of sp³-hybridized carbons (Fsp3) is 0.692. The molecule has 0 radical (unpaired) electrons. The van der Waals surface area contributed by atoms with Crippen LogP contribution in [0.25, 0.3) is 0 Å². The van der Waals surface area contributed by atoms with Crippen LogP contribution in [0.4, 0.5) is 0 Å². The van der Waals surface area contributed by atoms with Gasteiger partial charge in [-0.25, -0.2) is 0 Å². The van der Waals surface area contributed by atoms with Crippen LogP contribution in [0, 0.1) is 33.5 Å². The standard InChI is InChI=1S/C39H53NO7/c1-34(2)37(5)18-19-39(34,47-33(37)43)32(42)40(22-24-8-10-27(45-6)21-31(24)46-7)23-38(44)17-14-30-28-11-9-25-20-26(41)12-15-35(25,3)29(28)13-16-36(30,38)4/h8-11,21,26,29-30,41,44H,12-20,22-23H2,1-7H3/t26-,29-,30-,35-,36-,37-,38+,39+/m0/s1. The molecule has 1 aromatic carbocycles. The predicted molar refractivity (Wildman–Crippen MR) is 178 cm³/mol. The zero-order valence-electron chi connectivity index (χ0n) is 29.3. The second-order valence-electron chi connectivity index (χ2n) is 16.8. The number of allylic oxidation sites excluding steroid dienone is 3. The lowest BCUT2D eigenvalue weighted by Gasteiger charge is -2.56. The Morgan fingerprint density at radius 2 is 1.70 bits per heavy atom. The predicted octanol–water partition coefficient (Wildman–Crippen LogP) is 6.13. The zero-order chi connectivity index (χ0) is 33.8. The van der Waals surface area contributed by atoms with Crippen LogP contribution < -0.4 is 9.47 Å². The molecule has 8 nitrogen and oxygen atoms in total. The Kier molecular flexibility index (Phi) is 7.36. The van der Waals surface area contributed by atoms with Crippen LogP contribution in [0.3, 0.4) is 0 Å². The molecule has 1 heterocycles. The highest BCUT2D eigenvalue weighted by Gasteiger charge is 2.76. The molecule has 1 amide bonds. The van der Waals surface area contributed by atoms with E-state index in [-0.39, 0.29) is 42.4 Å². The molecule has 0 aromatic heterocycles. The van der Waals surface area contributed by atoms with Crippen molar-refractivity contribution in [2.45, 2.75) is 116 Å². The first-order valence-corrected chi connectivity index (χ1v) is 17.6. The fourth-order valence-electron chi connectivity index (χ4n) is 11.0. The van der Waals surface area contributed by atoms with Crippen LogP contribution in [0.5, 0.6) is 11.5 Å². The van der Waals surface area contributed by atoms with E-state index in [0.717, 1.165) is 44.1 Å². The molecule has 2 N–H and O–H groups in total. The summed E-state index contributed by atoms with van der Waals surface area (Å²) in [5.74, 6) is 1.32. The first kappa shape index (κ1) is 32.7.